The number of allylic oxidation sites excluding steroid dienone is 9. The number of phosphoric ester groups is 1. The van der Waals surface area contributed by atoms with Crippen molar-refractivity contribution in [2.24, 2.45) is 0 Å². The number of unbranched alkanes of at least 4 members (excludes halogenated alkanes) is 34. The minimum absolute atomic E-state index is 0.0378. The molecule has 76 heavy (non-hydrogen) atoms. The number of nitrogens with one attached hydrogen (secondary N) is 1. The highest BCUT2D eigenvalue weighted by atomic mass is 31.2. The number of carbonyl (C=O) groups excluding carboxylic acids is 2. The fourth-order valence-electron chi connectivity index (χ4n) is 9.22. The number of hydrogen-bond donors (Lipinski definition) is 2. The molecule has 0 heterocycles. The minimum Gasteiger partial charge on any atom is -0.456 e. The summed E-state index contributed by atoms with van der Waals surface area (Å²) in [6, 6.07) is -0.853. The SMILES string of the molecule is CCCCC/C=C\C/C=C\C/C=C\C/C=C\CCCCCCCCCC(=O)NC(COP(=O)(O)OCC[N+](C)(C)C)C(/C=C\CCCCCCCCCCCC)OC(=O)CCCCCCCCCCCCCCCCC. The Morgan fingerprint density at radius 3 is 1.22 bits per heavy atom. The molecular formula is C66H124N2O7P+. The predicted octanol–water partition coefficient (Wildman–Crippen LogP) is 19.8. The Kier molecular flexibility index (Phi) is 54.3. The molecular weight excluding hydrogens is 964 g/mol. The fraction of sp³-hybridized carbons (Fsp3) is 0.818. The molecule has 0 radical (unpaired) electrons. The van der Waals surface area contributed by atoms with Crippen molar-refractivity contribution in [1.29, 1.82) is 0 Å². The zero-order valence-corrected chi connectivity index (χ0v) is 51.6. The largest absolute Gasteiger partial charge is 0.472 e. The first-order chi connectivity index (χ1) is 36.9. The molecule has 1 amide bonds. The van der Waals surface area contributed by atoms with E-state index in [0.29, 0.717) is 23.9 Å². The van der Waals surface area contributed by atoms with Crippen LogP contribution in [0, 0.1) is 0 Å². The van der Waals surface area contributed by atoms with Crippen LogP contribution in [0.3, 0.4) is 0 Å². The highest BCUT2D eigenvalue weighted by Gasteiger charge is 2.30. The number of rotatable bonds is 58. The number of esters is 1. The fourth-order valence-corrected chi connectivity index (χ4v) is 9.95. The zero-order valence-electron chi connectivity index (χ0n) is 50.7. The third-order valence-corrected chi connectivity index (χ3v) is 15.2. The van der Waals surface area contributed by atoms with Crippen LogP contribution in [0.15, 0.2) is 60.8 Å². The Hall–Kier alpha value is -2.29. The predicted molar refractivity (Wildman–Crippen MR) is 328 cm³/mol. The van der Waals surface area contributed by atoms with Crippen molar-refractivity contribution in [2.45, 2.75) is 309 Å². The Labute approximate surface area is 471 Å². The number of amides is 1. The van der Waals surface area contributed by atoms with Crippen LogP contribution in [0.1, 0.15) is 297 Å². The molecule has 0 fully saturated rings. The first-order valence-corrected chi connectivity index (χ1v) is 33.6. The molecule has 0 aliphatic heterocycles. The Balaban J connectivity index is 5.20. The summed E-state index contributed by atoms with van der Waals surface area (Å²) in [7, 11) is 1.49. The van der Waals surface area contributed by atoms with Gasteiger partial charge in [0.05, 0.1) is 33.8 Å². The van der Waals surface area contributed by atoms with E-state index in [1.807, 2.05) is 33.3 Å². The molecule has 0 aliphatic carbocycles. The number of likely N-dealkylation sites (N-methyl/N-ethyl adjacent to an activating group) is 1. The summed E-state index contributed by atoms with van der Waals surface area (Å²) in [6.45, 7) is 7.00. The summed E-state index contributed by atoms with van der Waals surface area (Å²) in [5, 5.41) is 3.06. The Morgan fingerprint density at radius 2 is 0.803 bits per heavy atom. The first-order valence-electron chi connectivity index (χ1n) is 32.1. The van der Waals surface area contributed by atoms with Crippen molar-refractivity contribution >= 4 is 19.7 Å². The van der Waals surface area contributed by atoms with E-state index < -0.39 is 20.0 Å². The Bertz CT molecular complexity index is 1490. The molecule has 0 spiro atoms. The molecule has 10 heteroatoms. The Morgan fingerprint density at radius 1 is 0.461 bits per heavy atom. The molecule has 0 saturated heterocycles. The lowest BCUT2D eigenvalue weighted by molar-refractivity contribution is -0.870. The molecule has 0 saturated carbocycles. The molecule has 3 atom stereocenters. The molecule has 0 bridgehead atoms. The highest BCUT2D eigenvalue weighted by molar-refractivity contribution is 7.47. The molecule has 2 N–H and O–H groups in total. The van der Waals surface area contributed by atoms with Gasteiger partial charge in [0.1, 0.15) is 19.3 Å². The number of phosphoric acid groups is 1. The van der Waals surface area contributed by atoms with Crippen molar-refractivity contribution < 1.29 is 37.3 Å². The van der Waals surface area contributed by atoms with Crippen LogP contribution in [0.5, 0.6) is 0 Å². The molecule has 0 aromatic heterocycles. The van der Waals surface area contributed by atoms with E-state index in [-0.39, 0.29) is 25.1 Å². The normalized spacial score (nSPS) is 14.0. The summed E-state index contributed by atoms with van der Waals surface area (Å²) in [5.74, 6) is -0.508. The maximum absolute atomic E-state index is 13.6. The van der Waals surface area contributed by atoms with Gasteiger partial charge in [0.15, 0.2) is 0 Å². The van der Waals surface area contributed by atoms with Gasteiger partial charge in [-0.1, -0.05) is 268 Å². The molecule has 444 valence electrons. The van der Waals surface area contributed by atoms with Gasteiger partial charge in [0.2, 0.25) is 5.91 Å². The average molecular weight is 1090 g/mol. The van der Waals surface area contributed by atoms with Gasteiger partial charge in [-0.25, -0.2) is 4.57 Å². The lowest BCUT2D eigenvalue weighted by atomic mass is 10.0. The average Bonchev–Trinajstić information content (AvgIpc) is 3.38. The van der Waals surface area contributed by atoms with E-state index in [0.717, 1.165) is 89.9 Å². The topological polar surface area (TPSA) is 111 Å². The molecule has 0 aromatic rings. The molecule has 0 rings (SSSR count). The zero-order chi connectivity index (χ0) is 55.7. The van der Waals surface area contributed by atoms with Gasteiger partial charge in [-0.3, -0.25) is 18.6 Å². The maximum atomic E-state index is 13.6. The quantitative estimate of drug-likeness (QED) is 0.0205. The maximum Gasteiger partial charge on any atom is 0.472 e. The van der Waals surface area contributed by atoms with Gasteiger partial charge in [-0.2, -0.15) is 0 Å². The molecule has 0 aromatic carbocycles. The van der Waals surface area contributed by atoms with Gasteiger partial charge in [0, 0.05) is 12.8 Å². The summed E-state index contributed by atoms with van der Waals surface area (Å²) in [4.78, 5) is 37.7. The number of hydrogen-bond acceptors (Lipinski definition) is 6. The van der Waals surface area contributed by atoms with Crippen molar-refractivity contribution in [1.82, 2.24) is 5.32 Å². The smallest absolute Gasteiger partial charge is 0.456 e. The van der Waals surface area contributed by atoms with E-state index in [2.05, 4.69) is 74.7 Å². The second-order valence-corrected chi connectivity index (χ2v) is 24.4. The van der Waals surface area contributed by atoms with Crippen molar-refractivity contribution in [3.05, 3.63) is 60.8 Å². The van der Waals surface area contributed by atoms with Gasteiger partial charge in [0.25, 0.3) is 0 Å². The van der Waals surface area contributed by atoms with Crippen LogP contribution in [-0.4, -0.2) is 74.3 Å². The van der Waals surface area contributed by atoms with Crippen LogP contribution >= 0.6 is 7.82 Å². The van der Waals surface area contributed by atoms with Gasteiger partial charge >= 0.3 is 13.8 Å². The van der Waals surface area contributed by atoms with Crippen LogP contribution in [0.4, 0.5) is 0 Å². The van der Waals surface area contributed by atoms with Gasteiger partial charge in [-0.05, 0) is 76.7 Å². The minimum atomic E-state index is -4.45. The summed E-state index contributed by atoms with van der Waals surface area (Å²) in [5.41, 5.74) is 0. The van der Waals surface area contributed by atoms with Crippen LogP contribution in [0.25, 0.3) is 0 Å². The van der Waals surface area contributed by atoms with E-state index in [1.165, 1.54) is 173 Å². The van der Waals surface area contributed by atoms with Crippen molar-refractivity contribution in [3.63, 3.8) is 0 Å². The second-order valence-electron chi connectivity index (χ2n) is 22.9. The number of quaternary nitrogens is 1. The number of nitrogens with zero attached hydrogens (tertiary/aromatic N) is 1. The van der Waals surface area contributed by atoms with Crippen LogP contribution < -0.4 is 5.32 Å². The van der Waals surface area contributed by atoms with E-state index in [4.69, 9.17) is 13.8 Å². The third kappa shape index (κ3) is 56.4. The molecule has 3 unspecified atom stereocenters. The lowest BCUT2D eigenvalue weighted by Gasteiger charge is -2.27. The van der Waals surface area contributed by atoms with E-state index in [1.54, 1.807) is 0 Å². The van der Waals surface area contributed by atoms with E-state index in [9.17, 15) is 19.0 Å². The van der Waals surface area contributed by atoms with Gasteiger partial charge in [-0.15, -0.1) is 0 Å². The highest BCUT2D eigenvalue weighted by Crippen LogP contribution is 2.43. The summed E-state index contributed by atoms with van der Waals surface area (Å²) >= 11 is 0. The first kappa shape index (κ1) is 73.7. The lowest BCUT2D eigenvalue weighted by Crippen LogP contribution is -2.47. The van der Waals surface area contributed by atoms with Crippen LogP contribution in [-0.2, 0) is 27.9 Å². The van der Waals surface area contributed by atoms with Crippen molar-refractivity contribution in [2.75, 3.05) is 40.9 Å². The van der Waals surface area contributed by atoms with Gasteiger partial charge < -0.3 is 19.4 Å². The number of ether oxygens (including phenoxy) is 1. The summed E-state index contributed by atoms with van der Waals surface area (Å²) in [6.07, 6.45) is 70.7. The molecule has 0 aliphatic rings. The third-order valence-electron chi connectivity index (χ3n) is 14.2. The standard InChI is InChI=1S/C66H123N2O7P/c1-7-10-13-16-19-22-25-28-30-31-32-33-34-35-36-37-39-40-43-46-49-52-55-58-65(69)67-63(62-74-76(71,72)73-61-60-68(4,5)6)64(57-54-51-48-45-42-27-24-21-18-15-12-9-3)75-66(70)59-56-53-50-47-44-41-38-29-26-23-20-17-14-11-8-2/h19,22,28,30,32-33,35-36,54,57,63-64H,7-18,20-21,23-27,29,31,34,37-53,55-56,58-62H2,1-6H3,(H-,67,69,71,72)/p+1/b22-19-,30-28-,33-32-,36-35-,57-54-. The molecule has 9 nitrogen and oxygen atoms in total. The second kappa shape index (κ2) is 56.0. The van der Waals surface area contributed by atoms with Crippen molar-refractivity contribution in [3.8, 4) is 0 Å². The summed E-state index contributed by atoms with van der Waals surface area (Å²) < 4.78 is 30.7. The van der Waals surface area contributed by atoms with E-state index >= 15 is 0 Å². The monoisotopic (exact) mass is 1090 g/mol. The van der Waals surface area contributed by atoms with Crippen LogP contribution in [0.2, 0.25) is 0 Å². The number of carbonyl (C=O) groups is 2.